The molecular weight excluding hydrogens is 234 g/mol. The summed E-state index contributed by atoms with van der Waals surface area (Å²) in [6.07, 6.45) is 0. The molecule has 0 saturated heterocycles. The van der Waals surface area contributed by atoms with Crippen LogP contribution in [0.5, 0.6) is 0 Å². The second-order valence-electron chi connectivity index (χ2n) is 3.81. The fraction of sp³-hybridized carbons (Fsp3) is 0.333. The summed E-state index contributed by atoms with van der Waals surface area (Å²) >= 11 is 0. The lowest BCUT2D eigenvalue weighted by molar-refractivity contribution is -0.118. The van der Waals surface area contributed by atoms with Crippen LogP contribution >= 0.6 is 0 Å². The number of ether oxygens (including phenoxy) is 1. The molecule has 4 N–H and O–H groups in total. The van der Waals surface area contributed by atoms with Gasteiger partial charge in [0.05, 0.1) is 6.61 Å². The van der Waals surface area contributed by atoms with Crippen molar-refractivity contribution in [2.24, 2.45) is 5.73 Å². The molecular formula is C12H17N3O3. The fourth-order valence-corrected chi connectivity index (χ4v) is 1.37. The van der Waals surface area contributed by atoms with Crippen LogP contribution in [0.15, 0.2) is 24.3 Å². The standard InChI is InChI=1S/C12H17N3O3/c1-8(16)14-9-4-3-5-10(6-9)15-12(17)11(13)7-18-2/h3-6,11H,7,13H2,1-2H3,(H,14,16)(H,15,17). The van der Waals surface area contributed by atoms with E-state index < -0.39 is 6.04 Å². The molecule has 6 heteroatoms. The van der Waals surface area contributed by atoms with Crippen molar-refractivity contribution >= 4 is 23.2 Å². The Bertz CT molecular complexity index is 434. The van der Waals surface area contributed by atoms with Gasteiger partial charge in [0.15, 0.2) is 0 Å². The predicted molar refractivity (Wildman–Crippen MR) is 69.2 cm³/mol. The lowest BCUT2D eigenvalue weighted by atomic mass is 10.2. The number of hydrogen-bond donors (Lipinski definition) is 3. The maximum absolute atomic E-state index is 11.6. The number of carbonyl (C=O) groups excluding carboxylic acids is 2. The molecule has 0 radical (unpaired) electrons. The lowest BCUT2D eigenvalue weighted by Crippen LogP contribution is -2.39. The molecule has 0 saturated carbocycles. The molecule has 0 bridgehead atoms. The molecule has 1 rings (SSSR count). The van der Waals surface area contributed by atoms with Crippen LogP contribution in [0.4, 0.5) is 11.4 Å². The SMILES string of the molecule is COCC(N)C(=O)Nc1cccc(NC(C)=O)c1. The van der Waals surface area contributed by atoms with Gasteiger partial charge in [-0.3, -0.25) is 9.59 Å². The van der Waals surface area contributed by atoms with Gasteiger partial charge in [-0.2, -0.15) is 0 Å². The number of benzene rings is 1. The zero-order valence-electron chi connectivity index (χ0n) is 10.4. The van der Waals surface area contributed by atoms with E-state index in [9.17, 15) is 9.59 Å². The Morgan fingerprint density at radius 1 is 1.33 bits per heavy atom. The number of rotatable bonds is 5. The van der Waals surface area contributed by atoms with Crippen molar-refractivity contribution < 1.29 is 14.3 Å². The van der Waals surface area contributed by atoms with Crippen LogP contribution in [-0.2, 0) is 14.3 Å². The van der Waals surface area contributed by atoms with Crippen LogP contribution in [0, 0.1) is 0 Å². The Labute approximate surface area is 105 Å². The van der Waals surface area contributed by atoms with Gasteiger partial charge in [0, 0.05) is 25.4 Å². The molecule has 0 heterocycles. The number of anilines is 2. The van der Waals surface area contributed by atoms with Gasteiger partial charge in [-0.15, -0.1) is 0 Å². The van der Waals surface area contributed by atoms with E-state index in [1.165, 1.54) is 14.0 Å². The Kier molecular flexibility index (Phi) is 5.29. The van der Waals surface area contributed by atoms with Crippen molar-refractivity contribution in [2.75, 3.05) is 24.4 Å². The molecule has 0 aliphatic heterocycles. The molecule has 18 heavy (non-hydrogen) atoms. The zero-order chi connectivity index (χ0) is 13.5. The largest absolute Gasteiger partial charge is 0.383 e. The fourth-order valence-electron chi connectivity index (χ4n) is 1.37. The highest BCUT2D eigenvalue weighted by Crippen LogP contribution is 2.15. The van der Waals surface area contributed by atoms with Crippen molar-refractivity contribution in [3.8, 4) is 0 Å². The van der Waals surface area contributed by atoms with Gasteiger partial charge in [-0.1, -0.05) is 6.07 Å². The highest BCUT2D eigenvalue weighted by molar-refractivity contribution is 5.96. The van der Waals surface area contributed by atoms with Crippen molar-refractivity contribution in [3.63, 3.8) is 0 Å². The summed E-state index contributed by atoms with van der Waals surface area (Å²) in [5, 5.41) is 5.27. The number of carbonyl (C=O) groups is 2. The van der Waals surface area contributed by atoms with Crippen LogP contribution in [0.3, 0.4) is 0 Å². The van der Waals surface area contributed by atoms with Crippen molar-refractivity contribution in [1.29, 1.82) is 0 Å². The Morgan fingerprint density at radius 2 is 1.94 bits per heavy atom. The van der Waals surface area contributed by atoms with Crippen molar-refractivity contribution in [3.05, 3.63) is 24.3 Å². The smallest absolute Gasteiger partial charge is 0.243 e. The Morgan fingerprint density at radius 3 is 2.50 bits per heavy atom. The van der Waals surface area contributed by atoms with E-state index in [4.69, 9.17) is 10.5 Å². The lowest BCUT2D eigenvalue weighted by Gasteiger charge is -2.12. The van der Waals surface area contributed by atoms with E-state index in [1.54, 1.807) is 24.3 Å². The van der Waals surface area contributed by atoms with Crippen molar-refractivity contribution in [2.45, 2.75) is 13.0 Å². The minimum atomic E-state index is -0.723. The molecule has 0 aromatic heterocycles. The van der Waals surface area contributed by atoms with Crippen LogP contribution in [0.25, 0.3) is 0 Å². The van der Waals surface area contributed by atoms with Crippen LogP contribution < -0.4 is 16.4 Å². The first-order chi connectivity index (χ1) is 8.52. The van der Waals surface area contributed by atoms with Gasteiger partial charge >= 0.3 is 0 Å². The molecule has 0 aliphatic carbocycles. The third kappa shape index (κ3) is 4.52. The third-order valence-electron chi connectivity index (χ3n) is 2.13. The van der Waals surface area contributed by atoms with Gasteiger partial charge in [0.25, 0.3) is 0 Å². The summed E-state index contributed by atoms with van der Waals surface area (Å²) in [7, 11) is 1.48. The summed E-state index contributed by atoms with van der Waals surface area (Å²) in [5.41, 5.74) is 6.77. The van der Waals surface area contributed by atoms with E-state index >= 15 is 0 Å². The Hall–Kier alpha value is -1.92. The van der Waals surface area contributed by atoms with Gasteiger partial charge < -0.3 is 21.1 Å². The summed E-state index contributed by atoms with van der Waals surface area (Å²) < 4.78 is 4.80. The summed E-state index contributed by atoms with van der Waals surface area (Å²) in [4.78, 5) is 22.5. The maximum atomic E-state index is 11.6. The number of amides is 2. The highest BCUT2D eigenvalue weighted by atomic mass is 16.5. The number of hydrogen-bond acceptors (Lipinski definition) is 4. The first-order valence-corrected chi connectivity index (χ1v) is 5.46. The third-order valence-corrected chi connectivity index (χ3v) is 2.13. The van der Waals surface area contributed by atoms with Crippen LogP contribution in [0.1, 0.15) is 6.92 Å². The topological polar surface area (TPSA) is 93.4 Å². The second kappa shape index (κ2) is 6.73. The summed E-state index contributed by atoms with van der Waals surface area (Å²) in [5.74, 6) is -0.508. The average Bonchev–Trinajstić information content (AvgIpc) is 2.28. The van der Waals surface area contributed by atoms with Gasteiger partial charge in [0.1, 0.15) is 6.04 Å². The van der Waals surface area contributed by atoms with E-state index in [-0.39, 0.29) is 18.4 Å². The quantitative estimate of drug-likeness (QED) is 0.712. The molecule has 0 aliphatic rings. The number of nitrogens with two attached hydrogens (primary N) is 1. The highest BCUT2D eigenvalue weighted by Gasteiger charge is 2.13. The van der Waals surface area contributed by atoms with Gasteiger partial charge in [0.2, 0.25) is 11.8 Å². The predicted octanol–water partition coefficient (Wildman–Crippen LogP) is 0.557. The van der Waals surface area contributed by atoms with E-state index in [1.807, 2.05) is 0 Å². The molecule has 2 amide bonds. The monoisotopic (exact) mass is 251 g/mol. The minimum Gasteiger partial charge on any atom is -0.383 e. The second-order valence-corrected chi connectivity index (χ2v) is 3.81. The van der Waals surface area contributed by atoms with Crippen LogP contribution in [0.2, 0.25) is 0 Å². The number of nitrogens with one attached hydrogen (secondary N) is 2. The first kappa shape index (κ1) is 14.1. The zero-order valence-corrected chi connectivity index (χ0v) is 10.4. The maximum Gasteiger partial charge on any atom is 0.243 e. The molecule has 0 spiro atoms. The first-order valence-electron chi connectivity index (χ1n) is 5.46. The molecule has 0 fully saturated rings. The summed E-state index contributed by atoms with van der Waals surface area (Å²) in [6, 6.07) is 6.09. The van der Waals surface area contributed by atoms with Crippen LogP contribution in [-0.4, -0.2) is 31.6 Å². The molecule has 6 nitrogen and oxygen atoms in total. The average molecular weight is 251 g/mol. The normalized spacial score (nSPS) is 11.7. The molecule has 1 aromatic rings. The van der Waals surface area contributed by atoms with E-state index in [0.717, 1.165) is 0 Å². The molecule has 1 unspecified atom stereocenters. The van der Waals surface area contributed by atoms with E-state index in [2.05, 4.69) is 10.6 Å². The van der Waals surface area contributed by atoms with Gasteiger partial charge in [-0.05, 0) is 18.2 Å². The molecule has 1 atom stereocenters. The number of methoxy groups -OCH3 is 1. The van der Waals surface area contributed by atoms with Gasteiger partial charge in [-0.25, -0.2) is 0 Å². The van der Waals surface area contributed by atoms with E-state index in [0.29, 0.717) is 11.4 Å². The molecule has 1 aromatic carbocycles. The van der Waals surface area contributed by atoms with Crippen molar-refractivity contribution in [1.82, 2.24) is 0 Å². The molecule has 98 valence electrons. The minimum absolute atomic E-state index is 0.150. The summed E-state index contributed by atoms with van der Waals surface area (Å²) in [6.45, 7) is 1.57. The Balaban J connectivity index is 2.67.